The zero-order valence-electron chi connectivity index (χ0n) is 13.4. The normalized spacial score (nSPS) is 30.6. The average molecular weight is 286 g/mol. The molecule has 21 heavy (non-hydrogen) atoms. The highest BCUT2D eigenvalue weighted by molar-refractivity contribution is 5.51. The zero-order chi connectivity index (χ0) is 15.1. The number of fused-ring (bicyclic) bond motifs is 3. The molecule has 0 saturated heterocycles. The van der Waals surface area contributed by atoms with Crippen LogP contribution in [0.5, 0.6) is 5.75 Å². The fraction of sp³-hybridized carbons (Fsp3) is 0.579. The van der Waals surface area contributed by atoms with Gasteiger partial charge in [-0.15, -0.1) is 0 Å². The molecule has 0 aromatic heterocycles. The maximum absolute atomic E-state index is 11.7. The molecule has 0 radical (unpaired) electrons. The summed E-state index contributed by atoms with van der Waals surface area (Å²) >= 11 is 0. The van der Waals surface area contributed by atoms with Gasteiger partial charge in [0.05, 0.1) is 7.11 Å². The van der Waals surface area contributed by atoms with Gasteiger partial charge in [-0.25, -0.2) is 0 Å². The summed E-state index contributed by atoms with van der Waals surface area (Å²) in [4.78, 5) is 0. The molecule has 0 fully saturated rings. The number of benzene rings is 1. The average Bonchev–Trinajstić information content (AvgIpc) is 2.75. The number of ether oxygens (including phenoxy) is 1. The predicted octanol–water partition coefficient (Wildman–Crippen LogP) is 4.36. The van der Waals surface area contributed by atoms with E-state index in [-0.39, 0.29) is 5.41 Å². The van der Waals surface area contributed by atoms with Gasteiger partial charge in [0.25, 0.3) is 0 Å². The van der Waals surface area contributed by atoms with Gasteiger partial charge in [-0.2, -0.15) is 0 Å². The first-order valence-electron chi connectivity index (χ1n) is 8.14. The Hall–Kier alpha value is -1.28. The molecule has 2 nitrogen and oxygen atoms in total. The molecule has 2 atom stereocenters. The number of unbranched alkanes of at least 4 members (excludes halogenated alkanes) is 1. The van der Waals surface area contributed by atoms with Crippen molar-refractivity contribution < 1.29 is 9.84 Å². The smallest absolute Gasteiger partial charge is 0.119 e. The summed E-state index contributed by atoms with van der Waals surface area (Å²) in [6.07, 6.45) is 8.83. The van der Waals surface area contributed by atoms with Crippen molar-refractivity contribution in [2.45, 2.75) is 58.0 Å². The maximum Gasteiger partial charge on any atom is 0.119 e. The lowest BCUT2D eigenvalue weighted by molar-refractivity contribution is -0.0642. The van der Waals surface area contributed by atoms with Gasteiger partial charge in [0.15, 0.2) is 0 Å². The lowest BCUT2D eigenvalue weighted by Gasteiger charge is -2.47. The zero-order valence-corrected chi connectivity index (χ0v) is 13.4. The molecule has 0 bridgehead atoms. The van der Waals surface area contributed by atoms with Crippen molar-refractivity contribution in [1.82, 2.24) is 0 Å². The Morgan fingerprint density at radius 1 is 1.33 bits per heavy atom. The van der Waals surface area contributed by atoms with Gasteiger partial charge in [-0.05, 0) is 61.4 Å². The summed E-state index contributed by atoms with van der Waals surface area (Å²) < 4.78 is 5.37. The van der Waals surface area contributed by atoms with E-state index in [0.717, 1.165) is 42.6 Å². The topological polar surface area (TPSA) is 29.5 Å². The van der Waals surface area contributed by atoms with E-state index in [2.05, 4.69) is 32.1 Å². The molecule has 0 heterocycles. The van der Waals surface area contributed by atoms with Gasteiger partial charge in [0.1, 0.15) is 11.4 Å². The second kappa shape index (κ2) is 5.17. The lowest BCUT2D eigenvalue weighted by Crippen LogP contribution is -2.45. The lowest BCUT2D eigenvalue weighted by atomic mass is 9.61. The van der Waals surface area contributed by atoms with E-state index >= 15 is 0 Å². The second-order valence-corrected chi connectivity index (χ2v) is 6.72. The van der Waals surface area contributed by atoms with Crippen molar-refractivity contribution in [3.63, 3.8) is 0 Å². The van der Waals surface area contributed by atoms with E-state index in [4.69, 9.17) is 4.74 Å². The monoisotopic (exact) mass is 286 g/mol. The number of methoxy groups -OCH3 is 1. The molecule has 0 spiro atoms. The van der Waals surface area contributed by atoms with Crippen LogP contribution < -0.4 is 4.74 Å². The molecular formula is C19H26O2. The third-order valence-corrected chi connectivity index (χ3v) is 5.65. The molecule has 2 heteroatoms. The van der Waals surface area contributed by atoms with Crippen LogP contribution in [0.3, 0.4) is 0 Å². The van der Waals surface area contributed by atoms with Crippen LogP contribution in [0, 0.1) is 5.41 Å². The van der Waals surface area contributed by atoms with Crippen LogP contribution in [0.4, 0.5) is 0 Å². The van der Waals surface area contributed by atoms with E-state index in [1.807, 2.05) is 6.07 Å². The Bertz CT molecular complexity index is 575. The highest BCUT2D eigenvalue weighted by Crippen LogP contribution is 2.61. The Kier molecular flexibility index (Phi) is 3.61. The van der Waals surface area contributed by atoms with Gasteiger partial charge < -0.3 is 9.84 Å². The van der Waals surface area contributed by atoms with Crippen molar-refractivity contribution in [1.29, 1.82) is 0 Å². The van der Waals surface area contributed by atoms with Crippen LogP contribution in [-0.2, 0) is 12.0 Å². The van der Waals surface area contributed by atoms with Crippen LogP contribution in [0.1, 0.15) is 57.1 Å². The Morgan fingerprint density at radius 3 is 2.86 bits per heavy atom. The fourth-order valence-corrected chi connectivity index (χ4v) is 4.50. The summed E-state index contributed by atoms with van der Waals surface area (Å²) in [5, 5.41) is 11.7. The third-order valence-electron chi connectivity index (χ3n) is 5.65. The molecule has 114 valence electrons. The van der Waals surface area contributed by atoms with Crippen molar-refractivity contribution >= 4 is 0 Å². The van der Waals surface area contributed by atoms with Crippen LogP contribution in [0.15, 0.2) is 29.8 Å². The van der Waals surface area contributed by atoms with Gasteiger partial charge in [0, 0.05) is 5.41 Å². The van der Waals surface area contributed by atoms with Crippen molar-refractivity contribution in [2.24, 2.45) is 5.41 Å². The van der Waals surface area contributed by atoms with Crippen molar-refractivity contribution in [3.05, 3.63) is 41.0 Å². The van der Waals surface area contributed by atoms with Crippen molar-refractivity contribution in [2.75, 3.05) is 7.11 Å². The highest BCUT2D eigenvalue weighted by Gasteiger charge is 2.57. The maximum atomic E-state index is 11.7. The number of hydrogen-bond donors (Lipinski definition) is 1. The Labute approximate surface area is 127 Å². The third kappa shape index (κ3) is 1.96. The summed E-state index contributed by atoms with van der Waals surface area (Å²) in [7, 11) is 1.70. The molecule has 0 saturated carbocycles. The molecule has 3 rings (SSSR count). The molecule has 2 aliphatic carbocycles. The van der Waals surface area contributed by atoms with Gasteiger partial charge in [-0.1, -0.05) is 31.9 Å². The second-order valence-electron chi connectivity index (χ2n) is 6.72. The SMILES string of the molecule is CCCC[C@@]12CCC=C(C)[C@]1(O)c1ccc(OC)cc1C2. The Morgan fingerprint density at radius 2 is 2.14 bits per heavy atom. The molecule has 1 aromatic rings. The van der Waals surface area contributed by atoms with E-state index in [1.54, 1.807) is 7.11 Å². The molecule has 1 N–H and O–H groups in total. The molecular weight excluding hydrogens is 260 g/mol. The van der Waals surface area contributed by atoms with Gasteiger partial charge in [0.2, 0.25) is 0 Å². The van der Waals surface area contributed by atoms with Crippen molar-refractivity contribution in [3.8, 4) is 5.75 Å². The largest absolute Gasteiger partial charge is 0.497 e. The van der Waals surface area contributed by atoms with Crippen LogP contribution in [0.25, 0.3) is 0 Å². The van der Waals surface area contributed by atoms with Crippen LogP contribution >= 0.6 is 0 Å². The summed E-state index contributed by atoms with van der Waals surface area (Å²) in [6.45, 7) is 4.32. The Balaban J connectivity index is 2.12. The molecule has 1 aromatic carbocycles. The number of allylic oxidation sites excluding steroid dienone is 1. The first-order valence-corrected chi connectivity index (χ1v) is 8.14. The quantitative estimate of drug-likeness (QED) is 0.834. The highest BCUT2D eigenvalue weighted by atomic mass is 16.5. The minimum absolute atomic E-state index is 0.0173. The number of rotatable bonds is 4. The molecule has 0 unspecified atom stereocenters. The fourth-order valence-electron chi connectivity index (χ4n) is 4.50. The summed E-state index contributed by atoms with van der Waals surface area (Å²) in [6, 6.07) is 6.17. The summed E-state index contributed by atoms with van der Waals surface area (Å²) in [5.41, 5.74) is 2.71. The number of hydrogen-bond acceptors (Lipinski definition) is 2. The van der Waals surface area contributed by atoms with E-state index < -0.39 is 5.60 Å². The minimum Gasteiger partial charge on any atom is -0.497 e. The van der Waals surface area contributed by atoms with E-state index in [0.29, 0.717) is 0 Å². The van der Waals surface area contributed by atoms with E-state index in [9.17, 15) is 5.11 Å². The van der Waals surface area contributed by atoms with Crippen LogP contribution in [0.2, 0.25) is 0 Å². The molecule has 0 amide bonds. The van der Waals surface area contributed by atoms with Gasteiger partial charge in [-0.3, -0.25) is 0 Å². The first kappa shape index (κ1) is 14.6. The molecule has 0 aliphatic heterocycles. The molecule has 2 aliphatic rings. The minimum atomic E-state index is -0.776. The number of aliphatic hydroxyl groups is 1. The van der Waals surface area contributed by atoms with E-state index in [1.165, 1.54) is 18.4 Å². The summed E-state index contributed by atoms with van der Waals surface area (Å²) in [5.74, 6) is 0.892. The van der Waals surface area contributed by atoms with Gasteiger partial charge >= 0.3 is 0 Å². The standard InChI is InChI=1S/C19H26O2/c1-4-5-10-18-11-6-7-14(2)19(18,20)17-9-8-16(21-3)12-15(17)13-18/h7-9,12,20H,4-6,10-11,13H2,1-3H3/t18-,19-/m0/s1. The first-order chi connectivity index (χ1) is 10.1. The van der Waals surface area contributed by atoms with Crippen LogP contribution in [-0.4, -0.2) is 12.2 Å². The predicted molar refractivity (Wildman–Crippen MR) is 85.5 cm³/mol.